The third-order valence-corrected chi connectivity index (χ3v) is 8.77. The smallest absolute Gasteiger partial charge is 0.164 e. The second kappa shape index (κ2) is 9.23. The summed E-state index contributed by atoms with van der Waals surface area (Å²) in [5.41, 5.74) is 9.98. The second-order valence-electron chi connectivity index (χ2n) is 11.7. The molecule has 0 spiro atoms. The number of hydrogen-bond donors (Lipinski definition) is 2. The maximum atomic E-state index is 8.54. The molecule has 5 heteroatoms. The molecule has 2 N–H and O–H groups in total. The Kier molecular flexibility index (Phi) is 5.41. The van der Waals surface area contributed by atoms with Gasteiger partial charge in [-0.25, -0.2) is 15.0 Å². The Morgan fingerprint density at radius 2 is 1.21 bits per heavy atom. The van der Waals surface area contributed by atoms with Crippen molar-refractivity contribution in [1.29, 1.82) is 10.8 Å². The summed E-state index contributed by atoms with van der Waals surface area (Å²) in [5.74, 6) is 1.84. The fraction of sp³-hybridized carbons (Fsp3) is 0.0789. The van der Waals surface area contributed by atoms with E-state index in [0.29, 0.717) is 17.5 Å². The molecule has 43 heavy (non-hydrogen) atoms. The van der Waals surface area contributed by atoms with Gasteiger partial charge < -0.3 is 0 Å². The lowest BCUT2D eigenvalue weighted by molar-refractivity contribution is 0.660. The van der Waals surface area contributed by atoms with Gasteiger partial charge in [-0.15, -0.1) is 0 Å². The average Bonchev–Trinajstić information content (AvgIpc) is 3.28. The molecule has 204 valence electrons. The van der Waals surface area contributed by atoms with Crippen molar-refractivity contribution in [3.63, 3.8) is 0 Å². The van der Waals surface area contributed by atoms with Gasteiger partial charge in [0.05, 0.1) is 11.4 Å². The van der Waals surface area contributed by atoms with E-state index in [1.165, 1.54) is 22.3 Å². The zero-order valence-electron chi connectivity index (χ0n) is 23.8. The summed E-state index contributed by atoms with van der Waals surface area (Å²) >= 11 is 0. The standard InChI is InChI=1S/C38H27N5/c1-38(2)30-11-7-6-10-28(30)29-18-15-26(21-31(29)38)37-42-35(23-8-4-3-5-9-23)41-36(43-37)25-14-17-27-24(20-25)13-12-22-16-19-32(39)34(40)33(22)27/h3-21,39-40H,1-2H3. The van der Waals surface area contributed by atoms with Crippen LogP contribution in [0.2, 0.25) is 0 Å². The summed E-state index contributed by atoms with van der Waals surface area (Å²) in [6.45, 7) is 4.56. The summed E-state index contributed by atoms with van der Waals surface area (Å²) in [7, 11) is 0. The first-order valence-corrected chi connectivity index (χ1v) is 14.4. The van der Waals surface area contributed by atoms with Gasteiger partial charge in [-0.3, -0.25) is 10.8 Å². The minimum atomic E-state index is -0.128. The van der Waals surface area contributed by atoms with E-state index in [9.17, 15) is 0 Å². The molecule has 1 heterocycles. The van der Waals surface area contributed by atoms with Crippen LogP contribution in [0.5, 0.6) is 0 Å². The van der Waals surface area contributed by atoms with E-state index in [1.54, 1.807) is 6.08 Å². The van der Waals surface area contributed by atoms with E-state index >= 15 is 0 Å². The molecule has 0 unspecified atom stereocenters. The number of rotatable bonds is 3. The van der Waals surface area contributed by atoms with E-state index in [0.717, 1.165) is 38.6 Å². The number of nitrogens with one attached hydrogen (secondary N) is 2. The molecule has 0 amide bonds. The minimum absolute atomic E-state index is 0.128. The number of fused-ring (bicyclic) bond motifs is 6. The van der Waals surface area contributed by atoms with Crippen LogP contribution >= 0.6 is 0 Å². The lowest BCUT2D eigenvalue weighted by Gasteiger charge is -2.21. The number of allylic oxidation sites excluding steroid dienone is 1. The second-order valence-corrected chi connectivity index (χ2v) is 11.7. The van der Waals surface area contributed by atoms with Crippen molar-refractivity contribution in [3.8, 4) is 45.3 Å². The molecule has 5 aromatic carbocycles. The van der Waals surface area contributed by atoms with Crippen LogP contribution in [0.1, 0.15) is 36.1 Å². The number of nitrogens with zero attached hydrogens (tertiary/aromatic N) is 3. The van der Waals surface area contributed by atoms with Crippen molar-refractivity contribution < 1.29 is 0 Å². The van der Waals surface area contributed by atoms with E-state index in [2.05, 4.69) is 68.4 Å². The van der Waals surface area contributed by atoms with Gasteiger partial charge >= 0.3 is 0 Å². The first-order chi connectivity index (χ1) is 20.9. The molecule has 2 aliphatic rings. The summed E-state index contributed by atoms with van der Waals surface area (Å²) in [5, 5.41) is 18.6. The van der Waals surface area contributed by atoms with E-state index < -0.39 is 0 Å². The predicted octanol–water partition coefficient (Wildman–Crippen LogP) is 8.75. The third-order valence-electron chi connectivity index (χ3n) is 8.77. The van der Waals surface area contributed by atoms with E-state index in [4.69, 9.17) is 25.8 Å². The normalized spacial score (nSPS) is 14.5. The average molecular weight is 554 g/mol. The van der Waals surface area contributed by atoms with Gasteiger partial charge in [-0.05, 0) is 56.8 Å². The van der Waals surface area contributed by atoms with Gasteiger partial charge in [-0.1, -0.05) is 111 Å². The fourth-order valence-corrected chi connectivity index (χ4v) is 6.49. The van der Waals surface area contributed by atoms with Crippen molar-refractivity contribution >= 4 is 28.3 Å². The molecule has 0 saturated heterocycles. The van der Waals surface area contributed by atoms with Crippen molar-refractivity contribution in [2.45, 2.75) is 19.3 Å². The molecule has 5 nitrogen and oxygen atoms in total. The van der Waals surface area contributed by atoms with Crippen LogP contribution in [-0.4, -0.2) is 26.4 Å². The Balaban J connectivity index is 1.30. The molecule has 0 aliphatic heterocycles. The maximum Gasteiger partial charge on any atom is 0.164 e. The molecule has 0 atom stereocenters. The van der Waals surface area contributed by atoms with Crippen LogP contribution < -0.4 is 0 Å². The predicted molar refractivity (Wildman–Crippen MR) is 175 cm³/mol. The zero-order chi connectivity index (χ0) is 29.3. The Labute approximate surface area is 249 Å². The SMILES string of the molecule is CC1(C)c2ccccc2-c2ccc(-c3nc(-c4ccccc4)nc(-c4ccc5c6c(ccc5c4)C=CC(=N)C6=N)n3)cc21. The summed E-state index contributed by atoms with van der Waals surface area (Å²) in [6.07, 6.45) is 3.59. The van der Waals surface area contributed by atoms with Crippen molar-refractivity contribution in [1.82, 2.24) is 15.0 Å². The quantitative estimate of drug-likeness (QED) is 0.230. The summed E-state index contributed by atoms with van der Waals surface area (Å²) < 4.78 is 0. The molecule has 6 aromatic rings. The molecule has 0 bridgehead atoms. The van der Waals surface area contributed by atoms with Gasteiger partial charge in [-0.2, -0.15) is 0 Å². The largest absolute Gasteiger partial charge is 0.299 e. The van der Waals surface area contributed by atoms with E-state index in [1.807, 2.05) is 54.6 Å². The van der Waals surface area contributed by atoms with Crippen molar-refractivity contribution in [3.05, 3.63) is 131 Å². The first-order valence-electron chi connectivity index (χ1n) is 14.4. The van der Waals surface area contributed by atoms with Crippen LogP contribution in [0, 0.1) is 10.8 Å². The van der Waals surface area contributed by atoms with Gasteiger partial charge in [0.1, 0.15) is 0 Å². The van der Waals surface area contributed by atoms with Crippen LogP contribution in [0.4, 0.5) is 0 Å². The number of benzene rings is 5. The molecule has 1 aromatic heterocycles. The maximum absolute atomic E-state index is 8.54. The molecular weight excluding hydrogens is 526 g/mol. The van der Waals surface area contributed by atoms with Crippen LogP contribution in [0.3, 0.4) is 0 Å². The number of aromatic nitrogens is 3. The highest BCUT2D eigenvalue weighted by Crippen LogP contribution is 2.49. The molecule has 2 aliphatic carbocycles. The monoisotopic (exact) mass is 553 g/mol. The first kappa shape index (κ1) is 25.2. The number of hydrogen-bond acceptors (Lipinski definition) is 5. The topological polar surface area (TPSA) is 86.4 Å². The van der Waals surface area contributed by atoms with Gasteiger partial charge in [0, 0.05) is 27.7 Å². The van der Waals surface area contributed by atoms with Crippen LogP contribution in [0.15, 0.2) is 109 Å². The van der Waals surface area contributed by atoms with Crippen LogP contribution in [0.25, 0.3) is 62.1 Å². The van der Waals surface area contributed by atoms with Gasteiger partial charge in [0.25, 0.3) is 0 Å². The summed E-state index contributed by atoms with van der Waals surface area (Å²) in [4.78, 5) is 15.0. The molecule has 0 saturated carbocycles. The van der Waals surface area contributed by atoms with E-state index in [-0.39, 0.29) is 16.8 Å². The molecule has 8 rings (SSSR count). The lowest BCUT2D eigenvalue weighted by atomic mass is 9.82. The summed E-state index contributed by atoms with van der Waals surface area (Å²) in [6, 6.07) is 35.4. The molecule has 0 radical (unpaired) electrons. The molecule has 0 fully saturated rings. The highest BCUT2D eigenvalue weighted by molar-refractivity contribution is 6.53. The zero-order valence-corrected chi connectivity index (χ0v) is 23.8. The fourth-order valence-electron chi connectivity index (χ4n) is 6.49. The minimum Gasteiger partial charge on any atom is -0.299 e. The van der Waals surface area contributed by atoms with Crippen molar-refractivity contribution in [2.75, 3.05) is 0 Å². The van der Waals surface area contributed by atoms with Gasteiger partial charge in [0.15, 0.2) is 17.5 Å². The Morgan fingerprint density at radius 1 is 0.558 bits per heavy atom. The third kappa shape index (κ3) is 3.89. The highest BCUT2D eigenvalue weighted by Gasteiger charge is 2.35. The Hall–Kier alpha value is -5.55. The van der Waals surface area contributed by atoms with Gasteiger partial charge in [0.2, 0.25) is 0 Å². The molecular formula is C38H27N5. The Bertz CT molecular complexity index is 2190. The van der Waals surface area contributed by atoms with Crippen LogP contribution in [-0.2, 0) is 5.41 Å². The highest BCUT2D eigenvalue weighted by atomic mass is 15.0. The lowest BCUT2D eigenvalue weighted by Crippen LogP contribution is -2.16. The Morgan fingerprint density at radius 3 is 2.00 bits per heavy atom. The van der Waals surface area contributed by atoms with Crippen molar-refractivity contribution in [2.24, 2.45) is 0 Å².